The third-order valence-corrected chi connectivity index (χ3v) is 6.17. The Morgan fingerprint density at radius 3 is 2.23 bits per heavy atom. The van der Waals surface area contributed by atoms with E-state index in [1.165, 1.54) is 0 Å². The van der Waals surface area contributed by atoms with Crippen LogP contribution in [-0.4, -0.2) is 35.4 Å². The van der Waals surface area contributed by atoms with Crippen LogP contribution in [0.5, 0.6) is 5.75 Å². The fraction of sp³-hybridized carbons (Fsp3) is 0.310. The molecule has 3 rings (SSSR count). The number of amides is 2. The molecule has 0 saturated carbocycles. The maximum absolute atomic E-state index is 13.5. The zero-order valence-electron chi connectivity index (χ0n) is 20.5. The quantitative estimate of drug-likeness (QED) is 0.380. The van der Waals surface area contributed by atoms with Crippen LogP contribution < -0.4 is 10.1 Å². The molecule has 0 aliphatic rings. The Labute approximate surface area is 213 Å². The number of carbonyl (C=O) groups is 2. The van der Waals surface area contributed by atoms with Crippen LogP contribution in [0.25, 0.3) is 0 Å². The third kappa shape index (κ3) is 8.15. The lowest BCUT2D eigenvalue weighted by Gasteiger charge is -2.32. The largest absolute Gasteiger partial charge is 0.484 e. The van der Waals surface area contributed by atoms with E-state index in [0.717, 1.165) is 23.1 Å². The van der Waals surface area contributed by atoms with Crippen molar-refractivity contribution in [3.8, 4) is 5.75 Å². The van der Waals surface area contributed by atoms with Crippen molar-refractivity contribution in [2.75, 3.05) is 6.61 Å². The first-order chi connectivity index (χ1) is 16.9. The number of aryl methyl sites for hydroxylation is 1. The molecule has 0 aromatic heterocycles. The Bertz CT molecular complexity index is 1090. The molecule has 0 heterocycles. The molecule has 2 atom stereocenters. The van der Waals surface area contributed by atoms with Crippen LogP contribution >= 0.6 is 11.6 Å². The highest BCUT2D eigenvalue weighted by Gasteiger charge is 2.31. The van der Waals surface area contributed by atoms with Gasteiger partial charge in [-0.25, -0.2) is 0 Å². The summed E-state index contributed by atoms with van der Waals surface area (Å²) in [5.74, 6) is 0.109. The Morgan fingerprint density at radius 2 is 1.60 bits per heavy atom. The highest BCUT2D eigenvalue weighted by molar-refractivity contribution is 6.30. The van der Waals surface area contributed by atoms with Crippen LogP contribution in [0.1, 0.15) is 37.0 Å². The summed E-state index contributed by atoms with van der Waals surface area (Å²) in [7, 11) is 0. The molecule has 0 bridgehead atoms. The fourth-order valence-corrected chi connectivity index (χ4v) is 3.77. The molecule has 0 aliphatic heterocycles. The number of hydrogen-bond acceptors (Lipinski definition) is 3. The molecule has 2 amide bonds. The van der Waals surface area contributed by atoms with Crippen molar-refractivity contribution in [1.29, 1.82) is 0 Å². The van der Waals surface area contributed by atoms with E-state index < -0.39 is 6.04 Å². The highest BCUT2D eigenvalue weighted by Crippen LogP contribution is 2.18. The number of benzene rings is 3. The maximum Gasteiger partial charge on any atom is 0.261 e. The molecule has 35 heavy (non-hydrogen) atoms. The summed E-state index contributed by atoms with van der Waals surface area (Å²) in [6, 6.07) is 23.9. The van der Waals surface area contributed by atoms with Gasteiger partial charge in [0.15, 0.2) is 6.61 Å². The predicted molar refractivity (Wildman–Crippen MR) is 141 cm³/mol. The molecule has 0 spiro atoms. The molecule has 1 N–H and O–H groups in total. The SMILES string of the molecule is CC[C@H](C)NC(=O)[C@H](Cc1ccccc1)N(Cc1ccc(C)cc1)C(=O)COc1ccc(Cl)cc1. The van der Waals surface area contributed by atoms with Gasteiger partial charge in [-0.15, -0.1) is 0 Å². The van der Waals surface area contributed by atoms with E-state index in [-0.39, 0.29) is 24.5 Å². The number of halogens is 1. The van der Waals surface area contributed by atoms with Gasteiger partial charge in [0.25, 0.3) is 5.91 Å². The molecule has 0 radical (unpaired) electrons. The van der Waals surface area contributed by atoms with Gasteiger partial charge in [0.05, 0.1) is 0 Å². The van der Waals surface area contributed by atoms with E-state index in [9.17, 15) is 9.59 Å². The minimum absolute atomic E-state index is 0.00224. The smallest absolute Gasteiger partial charge is 0.261 e. The van der Waals surface area contributed by atoms with Crippen LogP contribution in [0.2, 0.25) is 5.02 Å². The van der Waals surface area contributed by atoms with Crippen molar-refractivity contribution in [3.05, 3.63) is 101 Å². The van der Waals surface area contributed by atoms with Gasteiger partial charge in [-0.3, -0.25) is 9.59 Å². The summed E-state index contributed by atoms with van der Waals surface area (Å²) in [6.45, 7) is 6.12. The molecule has 184 valence electrons. The summed E-state index contributed by atoms with van der Waals surface area (Å²) in [4.78, 5) is 28.6. The Morgan fingerprint density at radius 1 is 0.943 bits per heavy atom. The summed E-state index contributed by atoms with van der Waals surface area (Å²) in [5, 5.41) is 3.66. The van der Waals surface area contributed by atoms with Crippen LogP contribution in [0.15, 0.2) is 78.9 Å². The number of hydrogen-bond donors (Lipinski definition) is 1. The van der Waals surface area contributed by atoms with Gasteiger partial charge < -0.3 is 15.0 Å². The van der Waals surface area contributed by atoms with Crippen molar-refractivity contribution in [2.24, 2.45) is 0 Å². The molecule has 5 nitrogen and oxygen atoms in total. The standard InChI is InChI=1S/C29H33ClN2O3/c1-4-22(3)31-29(34)27(18-23-8-6-5-7-9-23)32(19-24-12-10-21(2)11-13-24)28(33)20-35-26-16-14-25(30)15-17-26/h5-17,22,27H,4,18-20H2,1-3H3,(H,31,34)/t22-,27-/m0/s1. The topological polar surface area (TPSA) is 58.6 Å². The molecule has 3 aromatic rings. The lowest BCUT2D eigenvalue weighted by molar-refractivity contribution is -0.143. The predicted octanol–water partition coefficient (Wildman–Crippen LogP) is 5.58. The van der Waals surface area contributed by atoms with Gasteiger partial charge >= 0.3 is 0 Å². The average Bonchev–Trinajstić information content (AvgIpc) is 2.87. The minimum Gasteiger partial charge on any atom is -0.484 e. The van der Waals surface area contributed by atoms with E-state index in [1.807, 2.05) is 75.4 Å². The van der Waals surface area contributed by atoms with Crippen LogP contribution in [0.3, 0.4) is 0 Å². The van der Waals surface area contributed by atoms with E-state index in [0.29, 0.717) is 23.7 Å². The van der Waals surface area contributed by atoms with Crippen LogP contribution in [0, 0.1) is 6.92 Å². The number of carbonyl (C=O) groups excluding carboxylic acids is 2. The Balaban J connectivity index is 1.89. The lowest BCUT2D eigenvalue weighted by Crippen LogP contribution is -2.53. The Kier molecular flexibility index (Phi) is 9.74. The zero-order valence-corrected chi connectivity index (χ0v) is 21.3. The molecule has 0 unspecified atom stereocenters. The van der Waals surface area contributed by atoms with Crippen molar-refractivity contribution in [2.45, 2.75) is 52.2 Å². The van der Waals surface area contributed by atoms with Crippen molar-refractivity contribution < 1.29 is 14.3 Å². The Hall–Kier alpha value is -3.31. The number of nitrogens with one attached hydrogen (secondary N) is 1. The summed E-state index contributed by atoms with van der Waals surface area (Å²) < 4.78 is 5.76. The molecular formula is C29H33ClN2O3. The van der Waals surface area contributed by atoms with E-state index in [2.05, 4.69) is 5.32 Å². The maximum atomic E-state index is 13.5. The van der Waals surface area contributed by atoms with Gasteiger partial charge in [-0.1, -0.05) is 78.7 Å². The second kappa shape index (κ2) is 13.0. The molecular weight excluding hydrogens is 460 g/mol. The van der Waals surface area contributed by atoms with Crippen LogP contribution in [0.4, 0.5) is 0 Å². The number of rotatable bonds is 11. The summed E-state index contributed by atoms with van der Waals surface area (Å²) >= 11 is 5.96. The summed E-state index contributed by atoms with van der Waals surface area (Å²) in [6.07, 6.45) is 1.21. The van der Waals surface area contributed by atoms with E-state index in [1.54, 1.807) is 29.2 Å². The van der Waals surface area contributed by atoms with E-state index >= 15 is 0 Å². The van der Waals surface area contributed by atoms with Gasteiger partial charge in [0.1, 0.15) is 11.8 Å². The lowest BCUT2D eigenvalue weighted by atomic mass is 10.0. The fourth-order valence-electron chi connectivity index (χ4n) is 3.64. The number of ether oxygens (including phenoxy) is 1. The third-order valence-electron chi connectivity index (χ3n) is 5.92. The zero-order chi connectivity index (χ0) is 25.2. The second-order valence-electron chi connectivity index (χ2n) is 8.77. The van der Waals surface area contributed by atoms with Crippen LogP contribution in [-0.2, 0) is 22.6 Å². The van der Waals surface area contributed by atoms with Gasteiger partial charge in [0.2, 0.25) is 5.91 Å². The first-order valence-electron chi connectivity index (χ1n) is 11.9. The molecule has 0 saturated heterocycles. The number of nitrogens with zero attached hydrogens (tertiary/aromatic N) is 1. The van der Waals surface area contributed by atoms with E-state index in [4.69, 9.17) is 16.3 Å². The van der Waals surface area contributed by atoms with Crippen molar-refractivity contribution >= 4 is 23.4 Å². The summed E-state index contributed by atoms with van der Waals surface area (Å²) in [5.41, 5.74) is 3.06. The van der Waals surface area contributed by atoms with Crippen molar-refractivity contribution in [1.82, 2.24) is 10.2 Å². The minimum atomic E-state index is -0.686. The van der Waals surface area contributed by atoms with Gasteiger partial charge in [0, 0.05) is 24.0 Å². The highest BCUT2D eigenvalue weighted by atomic mass is 35.5. The van der Waals surface area contributed by atoms with Crippen molar-refractivity contribution in [3.63, 3.8) is 0 Å². The molecule has 6 heteroatoms. The first-order valence-corrected chi connectivity index (χ1v) is 12.3. The van der Waals surface area contributed by atoms with Gasteiger partial charge in [-0.2, -0.15) is 0 Å². The normalized spacial score (nSPS) is 12.5. The second-order valence-corrected chi connectivity index (χ2v) is 9.21. The molecule has 0 aliphatic carbocycles. The monoisotopic (exact) mass is 492 g/mol. The average molecular weight is 493 g/mol. The first kappa shape index (κ1) is 26.3. The van der Waals surface area contributed by atoms with Gasteiger partial charge in [-0.05, 0) is 55.7 Å². The molecule has 3 aromatic carbocycles. The molecule has 0 fully saturated rings.